The number of nitrogens with one attached hydrogen (secondary N) is 2. The lowest BCUT2D eigenvalue weighted by Gasteiger charge is -2.04. The van der Waals surface area contributed by atoms with Crippen LogP contribution < -0.4 is 10.9 Å². The van der Waals surface area contributed by atoms with Crippen molar-refractivity contribution in [2.75, 3.05) is 5.32 Å². The summed E-state index contributed by atoms with van der Waals surface area (Å²) in [5, 5.41) is 6.66. The molecule has 3 rings (SSSR count). The Balaban J connectivity index is 1.75. The second-order valence-corrected chi connectivity index (χ2v) is 3.99. The van der Waals surface area contributed by atoms with Crippen LogP contribution in [0, 0.1) is 0 Å². The fourth-order valence-corrected chi connectivity index (χ4v) is 1.56. The number of rotatable bonds is 4. The van der Waals surface area contributed by atoms with Crippen molar-refractivity contribution in [1.29, 1.82) is 0 Å². The first-order chi connectivity index (χ1) is 8.31. The van der Waals surface area contributed by atoms with Crippen LogP contribution in [0.3, 0.4) is 0 Å². The van der Waals surface area contributed by atoms with E-state index in [1.807, 2.05) is 0 Å². The van der Waals surface area contributed by atoms with Gasteiger partial charge in [0.25, 0.3) is 5.56 Å². The second-order valence-electron chi connectivity index (χ2n) is 3.99. The first-order valence-electron chi connectivity index (χ1n) is 5.41. The molecule has 0 amide bonds. The summed E-state index contributed by atoms with van der Waals surface area (Å²) in [7, 11) is 0. The molecule has 1 fully saturated rings. The van der Waals surface area contributed by atoms with E-state index in [1.165, 1.54) is 12.5 Å². The van der Waals surface area contributed by atoms with Crippen molar-refractivity contribution in [2.24, 2.45) is 0 Å². The third kappa shape index (κ3) is 2.32. The third-order valence-electron chi connectivity index (χ3n) is 2.56. The first-order valence-corrected chi connectivity index (χ1v) is 5.41. The molecule has 17 heavy (non-hydrogen) atoms. The number of hydrogen-bond acceptors (Lipinski definition) is 6. The highest BCUT2D eigenvalue weighted by Crippen LogP contribution is 2.37. The molecule has 0 aromatic carbocycles. The Kier molecular flexibility index (Phi) is 2.36. The summed E-state index contributed by atoms with van der Waals surface area (Å²) in [4.78, 5) is 22.4. The Morgan fingerprint density at radius 1 is 1.53 bits per heavy atom. The predicted octanol–water partition coefficient (Wildman–Crippen LogP) is 0.642. The Morgan fingerprint density at radius 2 is 2.41 bits per heavy atom. The maximum Gasteiger partial charge on any atom is 0.252 e. The van der Waals surface area contributed by atoms with E-state index >= 15 is 0 Å². The molecule has 0 atom stereocenters. The van der Waals surface area contributed by atoms with E-state index in [-0.39, 0.29) is 5.56 Å². The highest BCUT2D eigenvalue weighted by molar-refractivity contribution is 5.34. The van der Waals surface area contributed by atoms with Gasteiger partial charge in [-0.25, -0.2) is 4.98 Å². The number of H-pyrrole nitrogens is 1. The van der Waals surface area contributed by atoms with Crippen LogP contribution in [-0.2, 0) is 6.54 Å². The summed E-state index contributed by atoms with van der Waals surface area (Å²) in [5.74, 6) is 2.24. The average Bonchev–Trinajstić information content (AvgIpc) is 3.04. The lowest BCUT2D eigenvalue weighted by Crippen LogP contribution is -2.13. The zero-order valence-corrected chi connectivity index (χ0v) is 9.01. The van der Waals surface area contributed by atoms with E-state index in [9.17, 15) is 4.79 Å². The van der Waals surface area contributed by atoms with Crippen molar-refractivity contribution in [3.8, 4) is 0 Å². The molecule has 0 aliphatic heterocycles. The van der Waals surface area contributed by atoms with Crippen LogP contribution in [-0.4, -0.2) is 20.1 Å². The van der Waals surface area contributed by atoms with E-state index in [0.29, 0.717) is 24.1 Å². The van der Waals surface area contributed by atoms with Gasteiger partial charge in [0, 0.05) is 12.0 Å². The maximum atomic E-state index is 11.4. The summed E-state index contributed by atoms with van der Waals surface area (Å²) < 4.78 is 4.61. The Labute approximate surface area is 96.3 Å². The molecule has 2 aromatic rings. The average molecular weight is 233 g/mol. The van der Waals surface area contributed by atoms with Crippen LogP contribution >= 0.6 is 0 Å². The predicted molar refractivity (Wildman–Crippen MR) is 58.5 cm³/mol. The molecule has 1 aliphatic carbocycles. The van der Waals surface area contributed by atoms with Gasteiger partial charge in [0.15, 0.2) is 5.82 Å². The molecule has 88 valence electrons. The Bertz CT molecular complexity index is 558. The normalized spacial score (nSPS) is 14.8. The molecule has 7 heteroatoms. The van der Waals surface area contributed by atoms with Crippen LogP contribution in [0.2, 0.25) is 0 Å². The van der Waals surface area contributed by atoms with E-state index in [4.69, 9.17) is 0 Å². The fraction of sp³-hybridized carbons (Fsp3) is 0.400. The highest BCUT2D eigenvalue weighted by Gasteiger charge is 2.26. The van der Waals surface area contributed by atoms with E-state index in [2.05, 4.69) is 29.9 Å². The van der Waals surface area contributed by atoms with E-state index in [1.54, 1.807) is 0 Å². The van der Waals surface area contributed by atoms with E-state index in [0.717, 1.165) is 18.7 Å². The monoisotopic (exact) mass is 233 g/mol. The molecule has 2 heterocycles. The molecule has 1 saturated carbocycles. The lowest BCUT2D eigenvalue weighted by atomic mass is 10.4. The topological polar surface area (TPSA) is 96.7 Å². The largest absolute Gasteiger partial charge is 0.362 e. The molecule has 0 radical (unpaired) electrons. The summed E-state index contributed by atoms with van der Waals surface area (Å²) in [6, 6.07) is 1.42. The summed E-state index contributed by atoms with van der Waals surface area (Å²) in [6.07, 6.45) is 3.45. The fourth-order valence-electron chi connectivity index (χ4n) is 1.56. The van der Waals surface area contributed by atoms with Crippen molar-refractivity contribution in [1.82, 2.24) is 20.1 Å². The number of aromatic amines is 1. The third-order valence-corrected chi connectivity index (χ3v) is 2.56. The minimum atomic E-state index is -0.141. The van der Waals surface area contributed by atoms with Gasteiger partial charge in [0.2, 0.25) is 6.39 Å². The summed E-state index contributed by atoms with van der Waals surface area (Å²) in [6.45, 7) is 0.386. The molecule has 2 N–H and O–H groups in total. The first kappa shape index (κ1) is 10.0. The molecule has 0 spiro atoms. The number of nitrogens with zero attached hydrogens (tertiary/aromatic N) is 3. The summed E-state index contributed by atoms with van der Waals surface area (Å²) in [5.41, 5.74) is -0.141. The number of aromatic nitrogens is 4. The van der Waals surface area contributed by atoms with Crippen molar-refractivity contribution in [2.45, 2.75) is 25.3 Å². The standard InChI is InChI=1S/C10H11N5O2/c16-9-3-7(11-4-8-12-5-17-15-8)13-10(14-9)6-1-2-6/h3,5-6H,1-2,4H2,(H2,11,13,14,16). The minimum absolute atomic E-state index is 0.141. The molecular weight excluding hydrogens is 222 g/mol. The molecule has 7 nitrogen and oxygen atoms in total. The van der Waals surface area contributed by atoms with Crippen LogP contribution in [0.5, 0.6) is 0 Å². The maximum absolute atomic E-state index is 11.4. The zero-order chi connectivity index (χ0) is 11.7. The smallest absolute Gasteiger partial charge is 0.252 e. The quantitative estimate of drug-likeness (QED) is 0.804. The van der Waals surface area contributed by atoms with Gasteiger partial charge in [-0.2, -0.15) is 4.98 Å². The molecule has 0 unspecified atom stereocenters. The van der Waals surface area contributed by atoms with Gasteiger partial charge in [-0.3, -0.25) is 4.79 Å². The minimum Gasteiger partial charge on any atom is -0.362 e. The number of anilines is 1. The highest BCUT2D eigenvalue weighted by atomic mass is 16.5. The van der Waals surface area contributed by atoms with Gasteiger partial charge in [-0.15, -0.1) is 0 Å². The van der Waals surface area contributed by atoms with Crippen molar-refractivity contribution < 1.29 is 4.52 Å². The number of hydrogen-bond donors (Lipinski definition) is 2. The van der Waals surface area contributed by atoms with Crippen molar-refractivity contribution in [3.05, 3.63) is 34.5 Å². The van der Waals surface area contributed by atoms with Gasteiger partial charge in [0.05, 0.1) is 6.54 Å². The summed E-state index contributed by atoms with van der Waals surface area (Å²) >= 11 is 0. The van der Waals surface area contributed by atoms with Crippen LogP contribution in [0.25, 0.3) is 0 Å². The van der Waals surface area contributed by atoms with Crippen LogP contribution in [0.15, 0.2) is 21.8 Å². The molecule has 2 aromatic heterocycles. The van der Waals surface area contributed by atoms with Gasteiger partial charge in [-0.1, -0.05) is 5.16 Å². The Hall–Kier alpha value is -2.18. The molecule has 0 bridgehead atoms. The van der Waals surface area contributed by atoms with Crippen molar-refractivity contribution >= 4 is 5.82 Å². The van der Waals surface area contributed by atoms with Gasteiger partial charge < -0.3 is 14.8 Å². The zero-order valence-electron chi connectivity index (χ0n) is 9.01. The molecular formula is C10H11N5O2. The van der Waals surface area contributed by atoms with E-state index < -0.39 is 0 Å². The second kappa shape index (κ2) is 4.00. The van der Waals surface area contributed by atoms with Crippen LogP contribution in [0.1, 0.15) is 30.4 Å². The van der Waals surface area contributed by atoms with Gasteiger partial charge in [0.1, 0.15) is 11.6 Å². The molecule has 1 aliphatic rings. The van der Waals surface area contributed by atoms with Crippen molar-refractivity contribution in [3.63, 3.8) is 0 Å². The van der Waals surface area contributed by atoms with Gasteiger partial charge >= 0.3 is 0 Å². The van der Waals surface area contributed by atoms with Gasteiger partial charge in [-0.05, 0) is 12.8 Å². The SMILES string of the molecule is O=c1cc(NCc2ncon2)nc(C2CC2)[nH]1. The Morgan fingerprint density at radius 3 is 3.12 bits per heavy atom. The molecule has 0 saturated heterocycles. The lowest BCUT2D eigenvalue weighted by molar-refractivity contribution is 0.411. The van der Waals surface area contributed by atoms with Crippen LogP contribution in [0.4, 0.5) is 5.82 Å².